The Balaban J connectivity index is 1.85. The van der Waals surface area contributed by atoms with Crippen LogP contribution in [0.15, 0.2) is 83.8 Å². The molecular formula is C23H22Cl2N2O3S. The molecule has 0 aliphatic carbocycles. The van der Waals surface area contributed by atoms with Gasteiger partial charge in [0.15, 0.2) is 0 Å². The first-order valence-electron chi connectivity index (χ1n) is 9.61. The molecule has 1 atom stereocenters. The lowest BCUT2D eigenvalue weighted by Gasteiger charge is -2.24. The zero-order valence-electron chi connectivity index (χ0n) is 16.8. The van der Waals surface area contributed by atoms with Crippen LogP contribution in [0.25, 0.3) is 0 Å². The van der Waals surface area contributed by atoms with Crippen molar-refractivity contribution in [2.24, 2.45) is 0 Å². The molecule has 0 fully saturated rings. The zero-order chi connectivity index (χ0) is 22.4. The largest absolute Gasteiger partial charge is 0.348 e. The molecule has 3 aromatic carbocycles. The van der Waals surface area contributed by atoms with E-state index < -0.39 is 15.9 Å². The van der Waals surface area contributed by atoms with Gasteiger partial charge in [-0.15, -0.1) is 0 Å². The summed E-state index contributed by atoms with van der Waals surface area (Å²) >= 11 is 12.2. The number of nitrogens with one attached hydrogen (secondary N) is 1. The van der Waals surface area contributed by atoms with Crippen LogP contribution in [-0.2, 0) is 21.4 Å². The van der Waals surface area contributed by atoms with Crippen LogP contribution >= 0.6 is 23.2 Å². The average Bonchev–Trinajstić information content (AvgIpc) is 2.76. The van der Waals surface area contributed by atoms with Gasteiger partial charge in [-0.2, -0.15) is 4.31 Å². The van der Waals surface area contributed by atoms with Crippen molar-refractivity contribution in [3.8, 4) is 0 Å². The highest BCUT2D eigenvalue weighted by molar-refractivity contribution is 7.89. The average molecular weight is 477 g/mol. The second-order valence-electron chi connectivity index (χ2n) is 7.02. The molecule has 3 aromatic rings. The van der Waals surface area contributed by atoms with Gasteiger partial charge in [-0.1, -0.05) is 77.8 Å². The van der Waals surface area contributed by atoms with Crippen molar-refractivity contribution >= 4 is 39.1 Å². The molecular weight excluding hydrogens is 455 g/mol. The van der Waals surface area contributed by atoms with Crippen LogP contribution in [0.3, 0.4) is 0 Å². The van der Waals surface area contributed by atoms with Gasteiger partial charge in [-0.05, 0) is 42.3 Å². The monoisotopic (exact) mass is 476 g/mol. The van der Waals surface area contributed by atoms with Gasteiger partial charge in [0.25, 0.3) is 0 Å². The van der Waals surface area contributed by atoms with Crippen LogP contribution in [0, 0.1) is 0 Å². The van der Waals surface area contributed by atoms with Crippen LogP contribution in [-0.4, -0.2) is 25.2 Å². The van der Waals surface area contributed by atoms with E-state index in [0.29, 0.717) is 15.6 Å². The summed E-state index contributed by atoms with van der Waals surface area (Å²) in [5.74, 6) is -0.416. The van der Waals surface area contributed by atoms with Gasteiger partial charge >= 0.3 is 0 Å². The van der Waals surface area contributed by atoms with Crippen molar-refractivity contribution in [2.75, 3.05) is 6.54 Å². The number of carbonyl (C=O) groups excluding carboxylic acids is 1. The number of sulfonamides is 1. The second-order valence-corrected chi connectivity index (χ2v) is 9.80. The second kappa shape index (κ2) is 10.3. The molecule has 0 aliphatic heterocycles. The fourth-order valence-electron chi connectivity index (χ4n) is 3.08. The smallest absolute Gasteiger partial charge is 0.243 e. The summed E-state index contributed by atoms with van der Waals surface area (Å²) in [5, 5.41) is 3.64. The van der Waals surface area contributed by atoms with E-state index in [4.69, 9.17) is 23.2 Å². The van der Waals surface area contributed by atoms with E-state index in [-0.39, 0.29) is 24.0 Å². The van der Waals surface area contributed by atoms with E-state index >= 15 is 0 Å². The third-order valence-electron chi connectivity index (χ3n) is 4.74. The van der Waals surface area contributed by atoms with Crippen molar-refractivity contribution in [2.45, 2.75) is 24.4 Å². The summed E-state index contributed by atoms with van der Waals surface area (Å²) in [6.45, 7) is 1.42. The fourth-order valence-corrected chi connectivity index (χ4v) is 4.94. The lowest BCUT2D eigenvalue weighted by Crippen LogP contribution is -2.41. The molecule has 0 heterocycles. The molecule has 1 amide bonds. The Morgan fingerprint density at radius 1 is 0.968 bits per heavy atom. The van der Waals surface area contributed by atoms with Gasteiger partial charge in [0.1, 0.15) is 0 Å². The van der Waals surface area contributed by atoms with Crippen molar-refractivity contribution in [1.82, 2.24) is 9.62 Å². The van der Waals surface area contributed by atoms with Gasteiger partial charge in [0, 0.05) is 16.6 Å². The maximum Gasteiger partial charge on any atom is 0.243 e. The summed E-state index contributed by atoms with van der Waals surface area (Å²) in [4.78, 5) is 12.9. The summed E-state index contributed by atoms with van der Waals surface area (Å²) in [6, 6.07) is 22.0. The van der Waals surface area contributed by atoms with E-state index in [1.807, 2.05) is 37.3 Å². The molecule has 3 rings (SSSR count). The minimum absolute atomic E-state index is 0.0691. The van der Waals surface area contributed by atoms with E-state index in [1.165, 1.54) is 12.1 Å². The first-order chi connectivity index (χ1) is 14.8. The fraction of sp³-hybridized carbons (Fsp3) is 0.174. The Bertz CT molecular complexity index is 1140. The number of amides is 1. The number of benzene rings is 3. The molecule has 5 nitrogen and oxygen atoms in total. The summed E-state index contributed by atoms with van der Waals surface area (Å²) in [6.07, 6.45) is 0. The molecule has 8 heteroatoms. The van der Waals surface area contributed by atoms with Gasteiger partial charge in [0.2, 0.25) is 15.9 Å². The van der Waals surface area contributed by atoms with Crippen LogP contribution in [0.5, 0.6) is 0 Å². The normalized spacial score (nSPS) is 12.5. The molecule has 162 valence electrons. The molecule has 0 aliphatic rings. The third kappa shape index (κ3) is 6.08. The maximum absolute atomic E-state index is 13.3. The number of hydrogen-bond acceptors (Lipinski definition) is 3. The molecule has 31 heavy (non-hydrogen) atoms. The SMILES string of the molecule is C[C@@H](NC(=O)CN(Cc1ccc(Cl)cc1Cl)S(=O)(=O)c1ccccc1)c1ccccc1. The molecule has 0 saturated heterocycles. The number of carbonyl (C=O) groups is 1. The highest BCUT2D eigenvalue weighted by Gasteiger charge is 2.28. The molecule has 1 N–H and O–H groups in total. The topological polar surface area (TPSA) is 66.5 Å². The van der Waals surface area contributed by atoms with Gasteiger partial charge in [-0.3, -0.25) is 4.79 Å². The lowest BCUT2D eigenvalue weighted by atomic mass is 10.1. The van der Waals surface area contributed by atoms with Crippen LogP contribution in [0.1, 0.15) is 24.1 Å². The number of nitrogens with zero attached hydrogens (tertiary/aromatic N) is 1. The zero-order valence-corrected chi connectivity index (χ0v) is 19.2. The van der Waals surface area contributed by atoms with E-state index in [1.54, 1.807) is 36.4 Å². The summed E-state index contributed by atoms with van der Waals surface area (Å²) in [7, 11) is -3.94. The van der Waals surface area contributed by atoms with Gasteiger partial charge < -0.3 is 5.32 Å². The van der Waals surface area contributed by atoms with E-state index in [2.05, 4.69) is 5.32 Å². The van der Waals surface area contributed by atoms with Crippen LogP contribution in [0.4, 0.5) is 0 Å². The standard InChI is InChI=1S/C23H22Cl2N2O3S/c1-17(18-8-4-2-5-9-18)26-23(28)16-27(15-19-12-13-20(24)14-22(19)25)31(29,30)21-10-6-3-7-11-21/h2-14,17H,15-16H2,1H3,(H,26,28)/t17-/m1/s1. The van der Waals surface area contributed by atoms with E-state index in [0.717, 1.165) is 9.87 Å². The Hall–Kier alpha value is -2.38. The molecule has 0 saturated carbocycles. The van der Waals surface area contributed by atoms with Crippen molar-refractivity contribution in [3.63, 3.8) is 0 Å². The van der Waals surface area contributed by atoms with E-state index in [9.17, 15) is 13.2 Å². The van der Waals surface area contributed by atoms with Crippen LogP contribution < -0.4 is 5.32 Å². The van der Waals surface area contributed by atoms with Crippen LogP contribution in [0.2, 0.25) is 10.0 Å². The molecule has 0 unspecified atom stereocenters. The highest BCUT2D eigenvalue weighted by atomic mass is 35.5. The Kier molecular flexibility index (Phi) is 7.73. The number of rotatable bonds is 8. The Morgan fingerprint density at radius 2 is 1.58 bits per heavy atom. The quantitative estimate of drug-likeness (QED) is 0.493. The molecule has 0 bridgehead atoms. The van der Waals surface area contributed by atoms with Crippen molar-refractivity contribution < 1.29 is 13.2 Å². The Morgan fingerprint density at radius 3 is 2.19 bits per heavy atom. The molecule has 0 aromatic heterocycles. The van der Waals surface area contributed by atoms with Crippen molar-refractivity contribution in [3.05, 3.63) is 100 Å². The number of halogens is 2. The number of hydrogen-bond donors (Lipinski definition) is 1. The first-order valence-corrected chi connectivity index (χ1v) is 11.8. The predicted molar refractivity (Wildman–Crippen MR) is 123 cm³/mol. The lowest BCUT2D eigenvalue weighted by molar-refractivity contribution is -0.122. The first kappa shape index (κ1) is 23.3. The highest BCUT2D eigenvalue weighted by Crippen LogP contribution is 2.25. The Labute approximate surface area is 192 Å². The summed E-state index contributed by atoms with van der Waals surface area (Å²) < 4.78 is 27.7. The molecule has 0 radical (unpaired) electrons. The van der Waals surface area contributed by atoms with Gasteiger partial charge in [-0.25, -0.2) is 8.42 Å². The third-order valence-corrected chi connectivity index (χ3v) is 7.13. The minimum Gasteiger partial charge on any atom is -0.348 e. The molecule has 0 spiro atoms. The van der Waals surface area contributed by atoms with Gasteiger partial charge in [0.05, 0.1) is 17.5 Å². The predicted octanol–water partition coefficient (Wildman–Crippen LogP) is 5.06. The maximum atomic E-state index is 13.3. The van der Waals surface area contributed by atoms with Crippen molar-refractivity contribution in [1.29, 1.82) is 0 Å². The minimum atomic E-state index is -3.94. The summed E-state index contributed by atoms with van der Waals surface area (Å²) in [5.41, 5.74) is 1.48.